The molecule has 0 aromatic heterocycles. The molecule has 0 atom stereocenters. The van der Waals surface area contributed by atoms with E-state index in [0.717, 1.165) is 5.71 Å². The minimum Gasteiger partial charge on any atom is -0.229 e. The average molecular weight is 89.2 g/mol. The Kier molecular flexibility index (Phi) is 2.28. The van der Waals surface area contributed by atoms with Crippen molar-refractivity contribution in [3.63, 3.8) is 0 Å². The van der Waals surface area contributed by atoms with Crippen molar-refractivity contribution < 1.29 is 0 Å². The van der Waals surface area contributed by atoms with Crippen molar-refractivity contribution in [2.24, 2.45) is 4.40 Å². The molecule has 0 spiro atoms. The zero-order valence-corrected chi connectivity index (χ0v) is 4.29. The van der Waals surface area contributed by atoms with Crippen LogP contribution in [0.3, 0.4) is 0 Å². The third-order valence-corrected chi connectivity index (χ3v) is 0.600. The molecule has 0 radical (unpaired) electrons. The van der Waals surface area contributed by atoms with E-state index >= 15 is 0 Å². The number of hydrogen-bond acceptors (Lipinski definition) is 2. The molecular formula is C3H7NS. The van der Waals surface area contributed by atoms with Crippen LogP contribution >= 0.6 is 12.8 Å². The average Bonchev–Trinajstić information content (AvgIpc) is 1.38. The van der Waals surface area contributed by atoms with Gasteiger partial charge in [-0.15, -0.1) is 0 Å². The van der Waals surface area contributed by atoms with Crippen molar-refractivity contribution in [3.8, 4) is 0 Å². The Morgan fingerprint density at radius 2 is 1.80 bits per heavy atom. The molecule has 0 heterocycles. The molecule has 0 aliphatic carbocycles. The Hall–Kier alpha value is 0.0200. The molecule has 0 unspecified atom stereocenters. The van der Waals surface area contributed by atoms with E-state index in [9.17, 15) is 0 Å². The molecule has 0 fully saturated rings. The molecule has 2 heteroatoms. The Morgan fingerprint density at radius 3 is 1.80 bits per heavy atom. The highest BCUT2D eigenvalue weighted by atomic mass is 32.1. The minimum absolute atomic E-state index is 0.994. The minimum atomic E-state index is 0.994. The lowest BCUT2D eigenvalue weighted by molar-refractivity contribution is 1.69. The van der Waals surface area contributed by atoms with Crippen LogP contribution in [0.5, 0.6) is 0 Å². The molecule has 0 aromatic rings. The summed E-state index contributed by atoms with van der Waals surface area (Å²) in [6.45, 7) is 3.79. The lowest BCUT2D eigenvalue weighted by atomic mass is 10.5. The Morgan fingerprint density at radius 1 is 1.60 bits per heavy atom. The Balaban J connectivity index is 3.14. The molecule has 0 rings (SSSR count). The van der Waals surface area contributed by atoms with Gasteiger partial charge in [0.2, 0.25) is 0 Å². The van der Waals surface area contributed by atoms with Gasteiger partial charge in [-0.3, -0.25) is 0 Å². The van der Waals surface area contributed by atoms with Gasteiger partial charge in [-0.1, -0.05) is 0 Å². The summed E-state index contributed by atoms with van der Waals surface area (Å²) in [6.07, 6.45) is 0. The van der Waals surface area contributed by atoms with Crippen molar-refractivity contribution >= 4 is 18.5 Å². The molecular weight excluding hydrogens is 82.1 g/mol. The van der Waals surface area contributed by atoms with E-state index in [0.29, 0.717) is 0 Å². The number of rotatable bonds is 0. The van der Waals surface area contributed by atoms with Crippen LogP contribution in [0, 0.1) is 0 Å². The summed E-state index contributed by atoms with van der Waals surface area (Å²) in [4.78, 5) is 0. The van der Waals surface area contributed by atoms with Gasteiger partial charge in [0.15, 0.2) is 0 Å². The molecule has 0 saturated carbocycles. The van der Waals surface area contributed by atoms with Gasteiger partial charge < -0.3 is 0 Å². The summed E-state index contributed by atoms with van der Waals surface area (Å²) < 4.78 is 3.50. The van der Waals surface area contributed by atoms with Crippen LogP contribution in [-0.2, 0) is 0 Å². The highest BCUT2D eigenvalue weighted by Gasteiger charge is 1.63. The SMILES string of the molecule is CC(C)=NS. The third-order valence-electron chi connectivity index (χ3n) is 0.200. The van der Waals surface area contributed by atoms with Crippen LogP contribution in [0.1, 0.15) is 13.8 Å². The molecule has 30 valence electrons. The van der Waals surface area contributed by atoms with Crippen LogP contribution < -0.4 is 0 Å². The summed E-state index contributed by atoms with van der Waals surface area (Å²) in [5.74, 6) is 0. The van der Waals surface area contributed by atoms with Crippen LogP contribution in [-0.4, -0.2) is 5.71 Å². The fraction of sp³-hybridized carbons (Fsp3) is 0.667. The van der Waals surface area contributed by atoms with E-state index in [1.165, 1.54) is 0 Å². The second-order valence-electron chi connectivity index (χ2n) is 1.05. The van der Waals surface area contributed by atoms with Gasteiger partial charge in [0.1, 0.15) is 0 Å². The lowest BCUT2D eigenvalue weighted by Gasteiger charge is -1.72. The quantitative estimate of drug-likeness (QED) is 0.339. The number of thiol groups is 1. The van der Waals surface area contributed by atoms with Crippen LogP contribution in [0.2, 0.25) is 0 Å². The molecule has 0 amide bonds. The first-order chi connectivity index (χ1) is 2.27. The fourth-order valence-corrected chi connectivity index (χ4v) is 0. The Labute approximate surface area is 37.7 Å². The smallest absolute Gasteiger partial charge is 0.0197 e. The maximum absolute atomic E-state index is 3.60. The first-order valence-corrected chi connectivity index (χ1v) is 1.82. The predicted molar refractivity (Wildman–Crippen MR) is 27.8 cm³/mol. The summed E-state index contributed by atoms with van der Waals surface area (Å²) in [6, 6.07) is 0. The summed E-state index contributed by atoms with van der Waals surface area (Å²) >= 11 is 3.60. The molecule has 1 nitrogen and oxygen atoms in total. The van der Waals surface area contributed by atoms with Gasteiger partial charge in [-0.05, 0) is 26.7 Å². The maximum atomic E-state index is 3.60. The zero-order chi connectivity index (χ0) is 4.28. The summed E-state index contributed by atoms with van der Waals surface area (Å²) in [5, 5.41) is 0. The third kappa shape index (κ3) is 4.02. The molecule has 0 aromatic carbocycles. The first-order valence-electron chi connectivity index (χ1n) is 1.42. The van der Waals surface area contributed by atoms with Crippen LogP contribution in [0.25, 0.3) is 0 Å². The van der Waals surface area contributed by atoms with E-state index in [2.05, 4.69) is 17.2 Å². The van der Waals surface area contributed by atoms with Gasteiger partial charge in [0.05, 0.1) is 0 Å². The van der Waals surface area contributed by atoms with Gasteiger partial charge in [-0.25, -0.2) is 4.40 Å². The second kappa shape index (κ2) is 2.27. The van der Waals surface area contributed by atoms with E-state index in [1.807, 2.05) is 13.8 Å². The lowest BCUT2D eigenvalue weighted by Crippen LogP contribution is -1.70. The van der Waals surface area contributed by atoms with Crippen molar-refractivity contribution in [1.82, 2.24) is 0 Å². The highest BCUT2D eigenvalue weighted by molar-refractivity contribution is 7.79. The molecule has 0 saturated heterocycles. The second-order valence-corrected chi connectivity index (χ2v) is 1.25. The Bertz CT molecular complexity index is 44.9. The van der Waals surface area contributed by atoms with E-state index in [1.54, 1.807) is 0 Å². The monoisotopic (exact) mass is 89.0 g/mol. The van der Waals surface area contributed by atoms with E-state index in [4.69, 9.17) is 0 Å². The number of nitrogens with zero attached hydrogens (tertiary/aromatic N) is 1. The normalized spacial score (nSPS) is 7.00. The van der Waals surface area contributed by atoms with Gasteiger partial charge in [-0.2, -0.15) is 0 Å². The van der Waals surface area contributed by atoms with Crippen molar-refractivity contribution in [2.75, 3.05) is 0 Å². The molecule has 0 bridgehead atoms. The molecule has 0 aliphatic heterocycles. The predicted octanol–water partition coefficient (Wildman–Crippen LogP) is 1.31. The van der Waals surface area contributed by atoms with Crippen molar-refractivity contribution in [3.05, 3.63) is 0 Å². The van der Waals surface area contributed by atoms with E-state index < -0.39 is 0 Å². The number of hydrogen-bond donors (Lipinski definition) is 1. The first kappa shape index (κ1) is 5.02. The molecule has 0 N–H and O–H groups in total. The van der Waals surface area contributed by atoms with Crippen LogP contribution in [0.15, 0.2) is 4.40 Å². The van der Waals surface area contributed by atoms with Crippen molar-refractivity contribution in [2.45, 2.75) is 13.8 Å². The largest absolute Gasteiger partial charge is 0.229 e. The van der Waals surface area contributed by atoms with Crippen LogP contribution in [0.4, 0.5) is 0 Å². The zero-order valence-electron chi connectivity index (χ0n) is 3.39. The maximum Gasteiger partial charge on any atom is 0.0197 e. The van der Waals surface area contributed by atoms with Crippen molar-refractivity contribution in [1.29, 1.82) is 0 Å². The van der Waals surface area contributed by atoms with Gasteiger partial charge >= 0.3 is 0 Å². The molecule has 0 aliphatic rings. The summed E-state index contributed by atoms with van der Waals surface area (Å²) in [7, 11) is 0. The van der Waals surface area contributed by atoms with Gasteiger partial charge in [0, 0.05) is 5.71 Å². The standard InChI is InChI=1S/C3H7NS/c1-3(2)4-5/h5H,1-2H3. The highest BCUT2D eigenvalue weighted by Crippen LogP contribution is 1.75. The summed E-state index contributed by atoms with van der Waals surface area (Å²) in [5.41, 5.74) is 0.994. The van der Waals surface area contributed by atoms with Gasteiger partial charge in [0.25, 0.3) is 0 Å². The topological polar surface area (TPSA) is 12.4 Å². The molecule has 5 heavy (non-hydrogen) atoms. The van der Waals surface area contributed by atoms with E-state index in [-0.39, 0.29) is 0 Å². The fourth-order valence-electron chi connectivity index (χ4n) is 0.